The molecule has 1 heterocycles. The third-order valence-corrected chi connectivity index (χ3v) is 2.89. The Morgan fingerprint density at radius 3 is 2.69 bits per heavy atom. The van der Waals surface area contributed by atoms with Gasteiger partial charge in [0.05, 0.1) is 18.9 Å². The molecule has 1 unspecified atom stereocenters. The van der Waals surface area contributed by atoms with Crippen molar-refractivity contribution in [3.05, 3.63) is 0 Å². The zero-order valence-corrected chi connectivity index (χ0v) is 7.82. The lowest BCUT2D eigenvalue weighted by Crippen LogP contribution is -2.39. The van der Waals surface area contributed by atoms with Gasteiger partial charge in [0, 0.05) is 18.8 Å². The van der Waals surface area contributed by atoms with Crippen LogP contribution in [-0.2, 0) is 9.47 Å². The zero-order chi connectivity index (χ0) is 9.31. The molecule has 2 rings (SSSR count). The van der Waals surface area contributed by atoms with Crippen molar-refractivity contribution in [2.75, 3.05) is 13.2 Å². The molecule has 2 fully saturated rings. The molecule has 13 heavy (non-hydrogen) atoms. The summed E-state index contributed by atoms with van der Waals surface area (Å²) in [5.74, 6) is -0.106. The van der Waals surface area contributed by atoms with E-state index >= 15 is 0 Å². The summed E-state index contributed by atoms with van der Waals surface area (Å²) in [6, 6.07) is 0. The average molecular weight is 185 g/mol. The van der Waals surface area contributed by atoms with E-state index in [0.29, 0.717) is 13.2 Å². The molecule has 4 heteroatoms. The quantitative estimate of drug-likeness (QED) is 0.458. The summed E-state index contributed by atoms with van der Waals surface area (Å²) in [5.41, 5.74) is 0.865. The minimum absolute atomic E-state index is 0.261. The lowest BCUT2D eigenvalue weighted by molar-refractivity contribution is -0.173. The molecule has 1 saturated heterocycles. The van der Waals surface area contributed by atoms with Gasteiger partial charge in [-0.15, -0.1) is 0 Å². The topological polar surface area (TPSA) is 51.1 Å². The summed E-state index contributed by atoms with van der Waals surface area (Å²) in [6.45, 7) is 3.43. The lowest BCUT2D eigenvalue weighted by atomic mass is 9.84. The van der Waals surface area contributed by atoms with Crippen LogP contribution < -0.4 is 0 Å². The highest BCUT2D eigenvalue weighted by Gasteiger charge is 2.42. The molecule has 1 saturated carbocycles. The third kappa shape index (κ3) is 1.56. The number of hydrogen-bond donors (Lipinski definition) is 1. The van der Waals surface area contributed by atoms with Crippen molar-refractivity contribution >= 4 is 5.71 Å². The maximum Gasteiger partial charge on any atom is 0.169 e. The van der Waals surface area contributed by atoms with Crippen LogP contribution in [0.2, 0.25) is 0 Å². The predicted octanol–water partition coefficient (Wildman–Crippen LogP) is 1.38. The van der Waals surface area contributed by atoms with Crippen LogP contribution in [0.5, 0.6) is 0 Å². The molecule has 4 nitrogen and oxygen atoms in total. The first-order valence-electron chi connectivity index (χ1n) is 4.74. The second-order valence-electron chi connectivity index (χ2n) is 3.80. The van der Waals surface area contributed by atoms with Gasteiger partial charge in [0.15, 0.2) is 5.79 Å². The Morgan fingerprint density at radius 1 is 1.46 bits per heavy atom. The number of rotatable bonds is 0. The van der Waals surface area contributed by atoms with Crippen molar-refractivity contribution in [3.8, 4) is 0 Å². The Hall–Kier alpha value is -0.610. The van der Waals surface area contributed by atoms with Gasteiger partial charge in [0.1, 0.15) is 0 Å². The van der Waals surface area contributed by atoms with E-state index in [-0.39, 0.29) is 11.7 Å². The number of oxime groups is 1. The monoisotopic (exact) mass is 185 g/mol. The van der Waals surface area contributed by atoms with E-state index in [4.69, 9.17) is 14.7 Å². The molecule has 2 aliphatic rings. The van der Waals surface area contributed by atoms with E-state index in [9.17, 15) is 0 Å². The Morgan fingerprint density at radius 2 is 2.15 bits per heavy atom. The smallest absolute Gasteiger partial charge is 0.169 e. The van der Waals surface area contributed by atoms with E-state index in [1.165, 1.54) is 0 Å². The van der Waals surface area contributed by atoms with Gasteiger partial charge in [-0.2, -0.15) is 0 Å². The van der Waals surface area contributed by atoms with Crippen LogP contribution in [-0.4, -0.2) is 29.9 Å². The maximum absolute atomic E-state index is 8.70. The van der Waals surface area contributed by atoms with Gasteiger partial charge < -0.3 is 14.7 Å². The van der Waals surface area contributed by atoms with Crippen LogP contribution in [0, 0.1) is 5.92 Å². The SMILES string of the molecule is CC1CC2(CC/C1=N/O)OCCO2. The van der Waals surface area contributed by atoms with Crippen molar-refractivity contribution in [1.29, 1.82) is 0 Å². The van der Waals surface area contributed by atoms with Gasteiger partial charge in [0.25, 0.3) is 0 Å². The summed E-state index contributed by atoms with van der Waals surface area (Å²) in [6.07, 6.45) is 2.40. The fraction of sp³-hybridized carbons (Fsp3) is 0.889. The second-order valence-corrected chi connectivity index (χ2v) is 3.80. The van der Waals surface area contributed by atoms with Crippen LogP contribution in [0.1, 0.15) is 26.2 Å². The number of hydrogen-bond acceptors (Lipinski definition) is 4. The molecule has 0 amide bonds. The van der Waals surface area contributed by atoms with Crippen LogP contribution in [0.3, 0.4) is 0 Å². The van der Waals surface area contributed by atoms with E-state index in [1.54, 1.807) is 0 Å². The minimum atomic E-state index is -0.367. The van der Waals surface area contributed by atoms with Gasteiger partial charge in [-0.25, -0.2) is 0 Å². The standard InChI is InChI=1S/C9H15NO3/c1-7-6-9(12-4-5-13-9)3-2-8(7)10-11/h7,11H,2-6H2,1H3/b10-8-. The molecule has 1 spiro atoms. The molecule has 1 aliphatic carbocycles. The molecule has 0 aromatic heterocycles. The second kappa shape index (κ2) is 3.27. The van der Waals surface area contributed by atoms with Crippen molar-refractivity contribution < 1.29 is 14.7 Å². The van der Waals surface area contributed by atoms with E-state index in [0.717, 1.165) is 25.0 Å². The van der Waals surface area contributed by atoms with Gasteiger partial charge >= 0.3 is 0 Å². The highest BCUT2D eigenvalue weighted by atomic mass is 16.7. The first kappa shape index (κ1) is 8.97. The fourth-order valence-corrected chi connectivity index (χ4v) is 2.16. The van der Waals surface area contributed by atoms with Gasteiger partial charge in [-0.05, 0) is 6.42 Å². The van der Waals surface area contributed by atoms with Crippen LogP contribution >= 0.6 is 0 Å². The van der Waals surface area contributed by atoms with Crippen LogP contribution in [0.25, 0.3) is 0 Å². The van der Waals surface area contributed by atoms with Crippen molar-refractivity contribution in [3.63, 3.8) is 0 Å². The van der Waals surface area contributed by atoms with Crippen molar-refractivity contribution in [2.24, 2.45) is 11.1 Å². The summed E-state index contributed by atoms with van der Waals surface area (Å²) in [5, 5.41) is 12.0. The number of ether oxygens (including phenoxy) is 2. The molecular weight excluding hydrogens is 170 g/mol. The first-order valence-corrected chi connectivity index (χ1v) is 4.74. The van der Waals surface area contributed by atoms with E-state index < -0.39 is 0 Å². The van der Waals surface area contributed by atoms with Gasteiger partial charge in [-0.1, -0.05) is 12.1 Å². The van der Waals surface area contributed by atoms with Gasteiger partial charge in [-0.3, -0.25) is 0 Å². The highest BCUT2D eigenvalue weighted by molar-refractivity contribution is 5.86. The summed E-state index contributed by atoms with van der Waals surface area (Å²) < 4.78 is 11.2. The maximum atomic E-state index is 8.70. The third-order valence-electron chi connectivity index (χ3n) is 2.89. The molecule has 1 N–H and O–H groups in total. The van der Waals surface area contributed by atoms with E-state index in [1.807, 2.05) is 6.92 Å². The molecular formula is C9H15NO3. The average Bonchev–Trinajstić information content (AvgIpc) is 2.54. The Kier molecular flexibility index (Phi) is 2.26. The van der Waals surface area contributed by atoms with Crippen molar-refractivity contribution in [2.45, 2.75) is 32.0 Å². The molecule has 0 aromatic rings. The minimum Gasteiger partial charge on any atom is -0.411 e. The van der Waals surface area contributed by atoms with Crippen LogP contribution in [0.15, 0.2) is 5.16 Å². The largest absolute Gasteiger partial charge is 0.411 e. The Balaban J connectivity index is 2.05. The molecule has 74 valence electrons. The Labute approximate surface area is 77.5 Å². The zero-order valence-electron chi connectivity index (χ0n) is 7.82. The summed E-state index contributed by atoms with van der Waals surface area (Å²) >= 11 is 0. The molecule has 0 radical (unpaired) electrons. The van der Waals surface area contributed by atoms with E-state index in [2.05, 4.69) is 5.16 Å². The highest BCUT2D eigenvalue weighted by Crippen LogP contribution is 2.37. The fourth-order valence-electron chi connectivity index (χ4n) is 2.16. The molecule has 1 atom stereocenters. The first-order chi connectivity index (χ1) is 6.26. The molecule has 1 aliphatic heterocycles. The predicted molar refractivity (Wildman–Crippen MR) is 46.9 cm³/mol. The summed E-state index contributed by atoms with van der Waals surface area (Å²) in [4.78, 5) is 0. The van der Waals surface area contributed by atoms with Crippen LogP contribution in [0.4, 0.5) is 0 Å². The molecule has 0 bridgehead atoms. The van der Waals surface area contributed by atoms with Crippen molar-refractivity contribution in [1.82, 2.24) is 0 Å². The Bertz CT molecular complexity index is 221. The number of nitrogens with zero attached hydrogens (tertiary/aromatic N) is 1. The normalized spacial score (nSPS) is 35.8. The lowest BCUT2D eigenvalue weighted by Gasteiger charge is -2.34. The van der Waals surface area contributed by atoms with Gasteiger partial charge in [0.2, 0.25) is 0 Å². The summed E-state index contributed by atoms with van der Waals surface area (Å²) in [7, 11) is 0. The molecule has 0 aromatic carbocycles.